The minimum absolute atomic E-state index is 0.115. The molecule has 4 nitrogen and oxygen atoms in total. The summed E-state index contributed by atoms with van der Waals surface area (Å²) in [5, 5.41) is 0. The van der Waals surface area contributed by atoms with Gasteiger partial charge in [-0.15, -0.1) is 0 Å². The van der Waals surface area contributed by atoms with Crippen LogP contribution in [0.1, 0.15) is 25.3 Å². The van der Waals surface area contributed by atoms with Crippen LogP contribution in [-0.2, 0) is 11.3 Å². The molecule has 0 radical (unpaired) electrons. The molecule has 2 aliphatic heterocycles. The van der Waals surface area contributed by atoms with Crippen molar-refractivity contribution in [3.63, 3.8) is 0 Å². The van der Waals surface area contributed by atoms with Crippen molar-refractivity contribution in [2.24, 2.45) is 0 Å². The summed E-state index contributed by atoms with van der Waals surface area (Å²) in [5.41, 5.74) is 0.972. The predicted octanol–water partition coefficient (Wildman–Crippen LogP) is 2.03. The summed E-state index contributed by atoms with van der Waals surface area (Å²) in [6.45, 7) is 4.39. The Bertz CT molecular complexity index is 549. The van der Waals surface area contributed by atoms with Crippen molar-refractivity contribution in [1.29, 1.82) is 0 Å². The number of amides is 1. The minimum atomic E-state index is -0.356. The molecule has 0 unspecified atom stereocenters. The lowest BCUT2D eigenvalue weighted by Crippen LogP contribution is -2.58. The number of hydrogen-bond acceptors (Lipinski definition) is 3. The van der Waals surface area contributed by atoms with E-state index >= 15 is 0 Å². The Morgan fingerprint density at radius 3 is 3.00 bits per heavy atom. The summed E-state index contributed by atoms with van der Waals surface area (Å²) in [7, 11) is 1.46. The summed E-state index contributed by atoms with van der Waals surface area (Å²) in [6.07, 6.45) is 2.18. The van der Waals surface area contributed by atoms with Crippen molar-refractivity contribution in [2.45, 2.75) is 38.4 Å². The molecule has 0 N–H and O–H groups in total. The van der Waals surface area contributed by atoms with Gasteiger partial charge in [-0.2, -0.15) is 0 Å². The summed E-state index contributed by atoms with van der Waals surface area (Å²) in [5.74, 6) is 0.120. The molecule has 2 heterocycles. The molecule has 2 fully saturated rings. The van der Waals surface area contributed by atoms with Crippen LogP contribution < -0.4 is 4.74 Å². The lowest BCUT2D eigenvalue weighted by Gasteiger charge is -2.41. The van der Waals surface area contributed by atoms with Gasteiger partial charge in [0.2, 0.25) is 5.91 Å². The van der Waals surface area contributed by atoms with E-state index in [2.05, 4.69) is 4.90 Å². The van der Waals surface area contributed by atoms with E-state index in [1.807, 2.05) is 11.8 Å². The Hall–Kier alpha value is -1.62. The Balaban J connectivity index is 1.76. The average Bonchev–Trinajstić information content (AvgIpc) is 2.94. The topological polar surface area (TPSA) is 32.8 Å². The lowest BCUT2D eigenvalue weighted by molar-refractivity contribution is -0.143. The summed E-state index contributed by atoms with van der Waals surface area (Å²) < 4.78 is 18.5. The average molecular weight is 292 g/mol. The Kier molecular flexibility index (Phi) is 3.85. The summed E-state index contributed by atoms with van der Waals surface area (Å²) >= 11 is 0. The molecule has 21 heavy (non-hydrogen) atoms. The third kappa shape index (κ3) is 2.62. The van der Waals surface area contributed by atoms with E-state index in [4.69, 9.17) is 4.74 Å². The van der Waals surface area contributed by atoms with E-state index in [-0.39, 0.29) is 23.5 Å². The van der Waals surface area contributed by atoms with Gasteiger partial charge in [0.25, 0.3) is 0 Å². The van der Waals surface area contributed by atoms with Gasteiger partial charge < -0.3 is 9.64 Å². The van der Waals surface area contributed by atoms with Gasteiger partial charge in [0.1, 0.15) is 0 Å². The molecular formula is C16H21FN2O2. The van der Waals surface area contributed by atoms with Gasteiger partial charge in [-0.25, -0.2) is 4.39 Å². The van der Waals surface area contributed by atoms with Crippen molar-refractivity contribution < 1.29 is 13.9 Å². The molecule has 3 rings (SSSR count). The third-order valence-electron chi connectivity index (χ3n) is 4.61. The molecule has 1 amide bonds. The Morgan fingerprint density at radius 1 is 1.43 bits per heavy atom. The predicted molar refractivity (Wildman–Crippen MR) is 77.6 cm³/mol. The van der Waals surface area contributed by atoms with E-state index in [0.717, 1.165) is 31.5 Å². The molecule has 2 saturated heterocycles. The summed E-state index contributed by atoms with van der Waals surface area (Å²) in [6, 6.07) is 5.13. The van der Waals surface area contributed by atoms with Gasteiger partial charge >= 0.3 is 0 Å². The number of carbonyl (C=O) groups is 1. The Morgan fingerprint density at radius 2 is 2.24 bits per heavy atom. The highest BCUT2D eigenvalue weighted by molar-refractivity contribution is 5.83. The van der Waals surface area contributed by atoms with E-state index in [9.17, 15) is 9.18 Å². The molecule has 0 bridgehead atoms. The molecule has 5 heteroatoms. The van der Waals surface area contributed by atoms with Crippen molar-refractivity contribution in [1.82, 2.24) is 9.80 Å². The quantitative estimate of drug-likeness (QED) is 0.854. The maximum Gasteiger partial charge on any atom is 0.239 e. The zero-order valence-corrected chi connectivity index (χ0v) is 12.5. The number of halogens is 1. The second-order valence-electron chi connectivity index (χ2n) is 5.90. The highest BCUT2D eigenvalue weighted by Gasteiger charge is 2.39. The smallest absolute Gasteiger partial charge is 0.239 e. The molecule has 114 valence electrons. The van der Waals surface area contributed by atoms with E-state index < -0.39 is 0 Å². The number of methoxy groups -OCH3 is 1. The SMILES string of the molecule is COc1cc(CN2C[C@@H]3CCCN3C(=O)[C@@H]2C)ccc1F. The van der Waals surface area contributed by atoms with Gasteiger partial charge in [-0.1, -0.05) is 6.07 Å². The lowest BCUT2D eigenvalue weighted by atomic mass is 10.1. The molecule has 2 aliphatic rings. The first-order chi connectivity index (χ1) is 10.1. The number of nitrogens with zero attached hydrogens (tertiary/aromatic N) is 2. The third-order valence-corrected chi connectivity index (χ3v) is 4.61. The van der Waals surface area contributed by atoms with E-state index in [1.165, 1.54) is 13.2 Å². The number of carbonyl (C=O) groups excluding carboxylic acids is 1. The van der Waals surface area contributed by atoms with Crippen LogP contribution >= 0.6 is 0 Å². The first-order valence-electron chi connectivity index (χ1n) is 7.47. The number of ether oxygens (including phenoxy) is 1. The minimum Gasteiger partial charge on any atom is -0.494 e. The van der Waals surface area contributed by atoms with E-state index in [1.54, 1.807) is 12.1 Å². The highest BCUT2D eigenvalue weighted by atomic mass is 19.1. The zero-order chi connectivity index (χ0) is 15.0. The van der Waals surface area contributed by atoms with Gasteiger partial charge in [-0.05, 0) is 37.5 Å². The number of rotatable bonds is 3. The number of hydrogen-bond donors (Lipinski definition) is 0. The first-order valence-corrected chi connectivity index (χ1v) is 7.47. The van der Waals surface area contributed by atoms with Gasteiger partial charge in [0.05, 0.1) is 13.2 Å². The van der Waals surface area contributed by atoms with Crippen LogP contribution in [0.4, 0.5) is 4.39 Å². The molecule has 1 aromatic carbocycles. The van der Waals surface area contributed by atoms with Crippen LogP contribution in [0.15, 0.2) is 18.2 Å². The molecular weight excluding hydrogens is 271 g/mol. The van der Waals surface area contributed by atoms with Crippen molar-refractivity contribution in [3.05, 3.63) is 29.6 Å². The van der Waals surface area contributed by atoms with Gasteiger partial charge in [-0.3, -0.25) is 9.69 Å². The maximum atomic E-state index is 13.5. The van der Waals surface area contributed by atoms with E-state index in [0.29, 0.717) is 12.6 Å². The number of fused-ring (bicyclic) bond motifs is 1. The normalized spacial score (nSPS) is 26.0. The maximum absolute atomic E-state index is 13.5. The molecule has 0 saturated carbocycles. The zero-order valence-electron chi connectivity index (χ0n) is 12.5. The number of benzene rings is 1. The summed E-state index contributed by atoms with van der Waals surface area (Å²) in [4.78, 5) is 16.6. The fourth-order valence-electron chi connectivity index (χ4n) is 3.38. The van der Waals surface area contributed by atoms with Crippen molar-refractivity contribution >= 4 is 5.91 Å². The molecule has 0 aliphatic carbocycles. The fourth-order valence-corrected chi connectivity index (χ4v) is 3.38. The highest BCUT2D eigenvalue weighted by Crippen LogP contribution is 2.27. The van der Waals surface area contributed by atoms with Crippen molar-refractivity contribution in [2.75, 3.05) is 20.2 Å². The standard InChI is InChI=1S/C16H21FN2O2/c1-11-16(20)19-7-3-4-13(19)10-18(11)9-12-5-6-14(17)15(8-12)21-2/h5-6,8,11,13H,3-4,7,9-10H2,1-2H3/t11-,13-/m0/s1. The van der Waals surface area contributed by atoms with Crippen LogP contribution in [0.25, 0.3) is 0 Å². The largest absolute Gasteiger partial charge is 0.494 e. The molecule has 1 aromatic rings. The van der Waals surface area contributed by atoms with Gasteiger partial charge in [0.15, 0.2) is 11.6 Å². The number of piperazine rings is 1. The molecule has 2 atom stereocenters. The Labute approximate surface area is 124 Å². The first kappa shape index (κ1) is 14.3. The van der Waals surface area contributed by atoms with Crippen LogP contribution in [0.5, 0.6) is 5.75 Å². The van der Waals surface area contributed by atoms with Crippen LogP contribution in [0.3, 0.4) is 0 Å². The second-order valence-corrected chi connectivity index (χ2v) is 5.90. The van der Waals surface area contributed by atoms with Crippen LogP contribution in [-0.4, -0.2) is 48.0 Å². The fraction of sp³-hybridized carbons (Fsp3) is 0.562. The second kappa shape index (κ2) is 5.64. The molecule has 0 aromatic heterocycles. The monoisotopic (exact) mass is 292 g/mol. The van der Waals surface area contributed by atoms with Crippen LogP contribution in [0.2, 0.25) is 0 Å². The molecule has 0 spiro atoms. The van der Waals surface area contributed by atoms with Crippen molar-refractivity contribution in [3.8, 4) is 5.75 Å². The van der Waals surface area contributed by atoms with Crippen LogP contribution in [0, 0.1) is 5.82 Å². The van der Waals surface area contributed by atoms with Gasteiger partial charge in [0, 0.05) is 25.7 Å².